The molecule has 3 aromatic rings. The molecule has 11 heteroatoms. The Kier molecular flexibility index (Phi) is 5.63. The Labute approximate surface area is 202 Å². The second-order valence-corrected chi connectivity index (χ2v) is 10.0. The van der Waals surface area contributed by atoms with Crippen LogP contribution in [0.15, 0.2) is 36.4 Å². The average Bonchev–Trinajstić information content (AvgIpc) is 3.24. The van der Waals surface area contributed by atoms with Crippen molar-refractivity contribution in [1.82, 2.24) is 10.6 Å². The van der Waals surface area contributed by atoms with Crippen molar-refractivity contribution in [2.75, 3.05) is 18.8 Å². The number of carbonyl (C=O) groups is 2. The van der Waals surface area contributed by atoms with E-state index in [1.54, 1.807) is 6.07 Å². The van der Waals surface area contributed by atoms with Gasteiger partial charge in [-0.3, -0.25) is 9.59 Å². The summed E-state index contributed by atoms with van der Waals surface area (Å²) < 4.78 is 40.8. The molecule has 0 spiro atoms. The number of benzene rings is 2. The number of hydrogen-bond donors (Lipinski definition) is 5. The van der Waals surface area contributed by atoms with Gasteiger partial charge in [-0.2, -0.15) is 13.2 Å². The number of amides is 1. The summed E-state index contributed by atoms with van der Waals surface area (Å²) in [7, 11) is 0. The second kappa shape index (κ2) is 8.30. The van der Waals surface area contributed by atoms with Crippen LogP contribution in [-0.2, 0) is 16.5 Å². The standard InChI is InChI=1S/C24H24F3N5O2S/c25-24(26,27)12-4-1-3-11(9-12)23(30)14-6-7-15(28)19-16(14)17(18(29)21(23)33)20(35-19)22(34)32-13-5-2-8-31-10-13/h1,3-4,6-7,9,13,18,31H,2,5,8,10,28-30H2,(H,32,34). The number of Topliss-reactive ketones (excluding diaryl/α,β-unsaturated/α-hetero) is 1. The maximum Gasteiger partial charge on any atom is 0.416 e. The zero-order valence-electron chi connectivity index (χ0n) is 18.5. The van der Waals surface area contributed by atoms with Gasteiger partial charge in [0, 0.05) is 29.2 Å². The van der Waals surface area contributed by atoms with Gasteiger partial charge in [-0.05, 0) is 48.7 Å². The average molecular weight is 504 g/mol. The molecule has 0 saturated carbocycles. The maximum absolute atomic E-state index is 13.7. The zero-order valence-corrected chi connectivity index (χ0v) is 19.4. The van der Waals surface area contributed by atoms with Crippen LogP contribution in [0.3, 0.4) is 0 Å². The van der Waals surface area contributed by atoms with Crippen LogP contribution >= 0.6 is 11.3 Å². The summed E-state index contributed by atoms with van der Waals surface area (Å²) in [5.74, 6) is -1.06. The minimum absolute atomic E-state index is 0.0324. The minimum Gasteiger partial charge on any atom is -0.398 e. The van der Waals surface area contributed by atoms with E-state index in [1.165, 1.54) is 18.2 Å². The van der Waals surface area contributed by atoms with E-state index in [2.05, 4.69) is 10.6 Å². The lowest BCUT2D eigenvalue weighted by atomic mass is 9.70. The van der Waals surface area contributed by atoms with E-state index >= 15 is 0 Å². The van der Waals surface area contributed by atoms with E-state index in [0.29, 0.717) is 27.9 Å². The highest BCUT2D eigenvalue weighted by molar-refractivity contribution is 7.21. The maximum atomic E-state index is 13.7. The van der Waals surface area contributed by atoms with Crippen LogP contribution in [0.5, 0.6) is 0 Å². The van der Waals surface area contributed by atoms with Crippen molar-refractivity contribution in [3.05, 3.63) is 63.5 Å². The predicted octanol–water partition coefficient (Wildman–Crippen LogP) is 2.77. The fraction of sp³-hybridized carbons (Fsp3) is 0.333. The van der Waals surface area contributed by atoms with Gasteiger partial charge in [0.1, 0.15) is 5.54 Å². The molecule has 0 bridgehead atoms. The number of alkyl halides is 3. The minimum atomic E-state index is -4.62. The molecule has 3 atom stereocenters. The molecule has 1 amide bonds. The topological polar surface area (TPSA) is 136 Å². The number of nitrogens with one attached hydrogen (secondary N) is 2. The molecule has 0 radical (unpaired) electrons. The summed E-state index contributed by atoms with van der Waals surface area (Å²) in [4.78, 5) is 27.2. The first-order valence-corrected chi connectivity index (χ1v) is 12.0. The predicted molar refractivity (Wildman–Crippen MR) is 128 cm³/mol. The highest BCUT2D eigenvalue weighted by atomic mass is 32.1. The fourth-order valence-corrected chi connectivity index (χ4v) is 6.22. The number of anilines is 1. The first-order chi connectivity index (χ1) is 16.5. The summed E-state index contributed by atoms with van der Waals surface area (Å²) in [6, 6.07) is 6.06. The van der Waals surface area contributed by atoms with Gasteiger partial charge >= 0.3 is 6.18 Å². The van der Waals surface area contributed by atoms with Crippen LogP contribution in [0.25, 0.3) is 10.1 Å². The van der Waals surface area contributed by atoms with Gasteiger partial charge in [0.15, 0.2) is 5.78 Å². The molecular formula is C24H24F3N5O2S. The molecule has 1 saturated heterocycles. The summed E-state index contributed by atoms with van der Waals surface area (Å²) in [5, 5.41) is 6.67. The number of thiophene rings is 1. The summed E-state index contributed by atoms with van der Waals surface area (Å²) in [6.07, 6.45) is -2.87. The summed E-state index contributed by atoms with van der Waals surface area (Å²) in [6.45, 7) is 1.51. The molecule has 1 aliphatic carbocycles. The Balaban J connectivity index is 1.69. The highest BCUT2D eigenvalue weighted by Crippen LogP contribution is 2.49. The van der Waals surface area contributed by atoms with Crippen molar-refractivity contribution in [2.45, 2.75) is 36.6 Å². The smallest absolute Gasteiger partial charge is 0.398 e. The molecule has 1 aliphatic heterocycles. The molecule has 35 heavy (non-hydrogen) atoms. The first kappa shape index (κ1) is 23.7. The number of carbonyl (C=O) groups excluding carboxylic acids is 2. The Morgan fingerprint density at radius 1 is 1.23 bits per heavy atom. The highest BCUT2D eigenvalue weighted by Gasteiger charge is 2.49. The van der Waals surface area contributed by atoms with Gasteiger partial charge in [-0.25, -0.2) is 0 Å². The normalized spacial score (nSPS) is 24.5. The summed E-state index contributed by atoms with van der Waals surface area (Å²) in [5.41, 5.74) is 17.3. The molecule has 1 aromatic heterocycles. The molecule has 7 nitrogen and oxygen atoms in total. The van der Waals surface area contributed by atoms with Crippen molar-refractivity contribution in [1.29, 1.82) is 0 Å². The monoisotopic (exact) mass is 503 g/mol. The van der Waals surface area contributed by atoms with Gasteiger partial charge in [-0.1, -0.05) is 18.2 Å². The third kappa shape index (κ3) is 3.70. The quantitative estimate of drug-likeness (QED) is 0.349. The van der Waals surface area contributed by atoms with E-state index in [-0.39, 0.29) is 28.0 Å². The van der Waals surface area contributed by atoms with E-state index in [1.807, 2.05) is 0 Å². The molecule has 2 heterocycles. The number of piperidine rings is 1. The fourth-order valence-electron chi connectivity index (χ4n) is 5.01. The van der Waals surface area contributed by atoms with E-state index < -0.39 is 29.1 Å². The van der Waals surface area contributed by atoms with Crippen LogP contribution in [0, 0.1) is 0 Å². The van der Waals surface area contributed by atoms with Crippen LogP contribution in [0.1, 0.15) is 50.8 Å². The Hall–Kier alpha value is -2.99. The number of ketones is 1. The number of halogens is 3. The Morgan fingerprint density at radius 2 is 2.00 bits per heavy atom. The summed E-state index contributed by atoms with van der Waals surface area (Å²) >= 11 is 1.11. The Bertz CT molecular complexity index is 1350. The lowest BCUT2D eigenvalue weighted by Crippen LogP contribution is -2.52. The lowest BCUT2D eigenvalue weighted by Gasteiger charge is -2.37. The van der Waals surface area contributed by atoms with Crippen LogP contribution < -0.4 is 27.8 Å². The van der Waals surface area contributed by atoms with Crippen molar-refractivity contribution in [3.8, 4) is 0 Å². The first-order valence-electron chi connectivity index (χ1n) is 11.2. The van der Waals surface area contributed by atoms with Crippen molar-refractivity contribution in [3.63, 3.8) is 0 Å². The largest absolute Gasteiger partial charge is 0.416 e. The molecule has 8 N–H and O–H groups in total. The zero-order chi connectivity index (χ0) is 25.1. The molecule has 184 valence electrons. The van der Waals surface area contributed by atoms with Crippen molar-refractivity contribution < 1.29 is 22.8 Å². The Morgan fingerprint density at radius 3 is 2.69 bits per heavy atom. The van der Waals surface area contributed by atoms with E-state index in [9.17, 15) is 22.8 Å². The number of rotatable bonds is 3. The lowest BCUT2D eigenvalue weighted by molar-refractivity contribution is -0.137. The number of nitrogen functional groups attached to an aromatic ring is 1. The molecular weight excluding hydrogens is 479 g/mol. The van der Waals surface area contributed by atoms with E-state index in [4.69, 9.17) is 17.2 Å². The van der Waals surface area contributed by atoms with Crippen molar-refractivity contribution >= 4 is 38.8 Å². The van der Waals surface area contributed by atoms with Gasteiger partial charge in [0.2, 0.25) is 0 Å². The third-order valence-electron chi connectivity index (χ3n) is 6.80. The number of hydrogen-bond acceptors (Lipinski definition) is 7. The molecule has 2 aromatic carbocycles. The van der Waals surface area contributed by atoms with Crippen LogP contribution in [-0.4, -0.2) is 30.8 Å². The van der Waals surface area contributed by atoms with Crippen LogP contribution in [0.4, 0.5) is 18.9 Å². The second-order valence-electron chi connectivity index (χ2n) is 9.00. The van der Waals surface area contributed by atoms with Gasteiger partial charge in [0.05, 0.1) is 21.2 Å². The van der Waals surface area contributed by atoms with Gasteiger partial charge in [-0.15, -0.1) is 11.3 Å². The van der Waals surface area contributed by atoms with Gasteiger partial charge < -0.3 is 27.8 Å². The molecule has 5 rings (SSSR count). The number of nitrogens with two attached hydrogens (primary N) is 3. The molecule has 1 fully saturated rings. The van der Waals surface area contributed by atoms with E-state index in [0.717, 1.165) is 42.9 Å². The SMILES string of the molecule is Nc1ccc2c3c(c(C(=O)NC4CCCNC4)sc13)C(N)C(=O)C2(N)c1cccc(C(F)(F)F)c1. The van der Waals surface area contributed by atoms with Gasteiger partial charge in [0.25, 0.3) is 5.91 Å². The van der Waals surface area contributed by atoms with Crippen LogP contribution in [0.2, 0.25) is 0 Å². The van der Waals surface area contributed by atoms with Crippen molar-refractivity contribution in [2.24, 2.45) is 11.5 Å². The molecule has 3 unspecified atom stereocenters. The third-order valence-corrected chi connectivity index (χ3v) is 8.05. The molecule has 2 aliphatic rings.